The molecule has 0 bridgehead atoms. The monoisotopic (exact) mass is 332 g/mol. The quantitative estimate of drug-likeness (QED) is 0.767. The molecule has 1 aromatic rings. The predicted molar refractivity (Wildman–Crippen MR) is 87.2 cm³/mol. The zero-order chi connectivity index (χ0) is 16.0. The van der Waals surface area contributed by atoms with Crippen molar-refractivity contribution in [2.75, 3.05) is 26.2 Å². The molecule has 4 nitrogen and oxygen atoms in total. The van der Waals surface area contributed by atoms with Crippen molar-refractivity contribution in [1.82, 2.24) is 10.2 Å². The summed E-state index contributed by atoms with van der Waals surface area (Å²) in [4.78, 5) is 13.9. The summed E-state index contributed by atoms with van der Waals surface area (Å²) in [5.74, 6) is -0.966. The SMILES string of the molecule is CCN(CC)CCNC(C)(C(=O)O)c1ccc(Cl)cc1Cl. The Labute approximate surface area is 136 Å². The molecular formula is C15H22Cl2N2O2. The summed E-state index contributed by atoms with van der Waals surface area (Å²) in [6.07, 6.45) is 0. The fraction of sp³-hybridized carbons (Fsp3) is 0.533. The predicted octanol–water partition coefficient (Wildman–Crippen LogP) is 3.22. The summed E-state index contributed by atoms with van der Waals surface area (Å²) < 4.78 is 0. The van der Waals surface area contributed by atoms with Crippen LogP contribution in [0.4, 0.5) is 0 Å². The van der Waals surface area contributed by atoms with E-state index in [1.807, 2.05) is 0 Å². The number of nitrogens with one attached hydrogen (secondary N) is 1. The Morgan fingerprint density at radius 3 is 2.43 bits per heavy atom. The van der Waals surface area contributed by atoms with Crippen molar-refractivity contribution in [1.29, 1.82) is 0 Å². The number of carboxylic acid groups (broad SMARTS) is 1. The van der Waals surface area contributed by atoms with E-state index in [1.165, 1.54) is 0 Å². The van der Waals surface area contributed by atoms with Gasteiger partial charge in [0, 0.05) is 28.7 Å². The minimum Gasteiger partial charge on any atom is -0.480 e. The number of benzene rings is 1. The van der Waals surface area contributed by atoms with Crippen molar-refractivity contribution in [2.45, 2.75) is 26.3 Å². The Morgan fingerprint density at radius 1 is 1.33 bits per heavy atom. The van der Waals surface area contributed by atoms with E-state index in [-0.39, 0.29) is 0 Å². The second-order valence-corrected chi connectivity index (χ2v) is 5.85. The van der Waals surface area contributed by atoms with Crippen LogP contribution in [0.15, 0.2) is 18.2 Å². The highest BCUT2D eigenvalue weighted by Gasteiger charge is 2.36. The highest BCUT2D eigenvalue weighted by molar-refractivity contribution is 6.35. The zero-order valence-electron chi connectivity index (χ0n) is 12.6. The fourth-order valence-electron chi connectivity index (χ4n) is 2.18. The van der Waals surface area contributed by atoms with Crippen LogP contribution in [0.1, 0.15) is 26.3 Å². The Balaban J connectivity index is 2.90. The van der Waals surface area contributed by atoms with E-state index in [0.29, 0.717) is 22.2 Å². The molecule has 118 valence electrons. The molecule has 0 radical (unpaired) electrons. The maximum Gasteiger partial charge on any atom is 0.328 e. The van der Waals surface area contributed by atoms with E-state index < -0.39 is 11.5 Å². The van der Waals surface area contributed by atoms with E-state index in [1.54, 1.807) is 25.1 Å². The van der Waals surface area contributed by atoms with Gasteiger partial charge >= 0.3 is 5.97 Å². The third-order valence-electron chi connectivity index (χ3n) is 3.70. The van der Waals surface area contributed by atoms with Gasteiger partial charge in [0.25, 0.3) is 0 Å². The Hall–Kier alpha value is -0.810. The summed E-state index contributed by atoms with van der Waals surface area (Å²) >= 11 is 12.0. The van der Waals surface area contributed by atoms with Crippen LogP contribution >= 0.6 is 23.2 Å². The lowest BCUT2D eigenvalue weighted by Gasteiger charge is -2.29. The molecule has 0 aliphatic carbocycles. The largest absolute Gasteiger partial charge is 0.480 e. The van der Waals surface area contributed by atoms with E-state index in [4.69, 9.17) is 23.2 Å². The van der Waals surface area contributed by atoms with Crippen molar-refractivity contribution in [2.24, 2.45) is 0 Å². The van der Waals surface area contributed by atoms with Gasteiger partial charge < -0.3 is 10.0 Å². The summed E-state index contributed by atoms with van der Waals surface area (Å²) in [6, 6.07) is 4.87. The van der Waals surface area contributed by atoms with Crippen molar-refractivity contribution >= 4 is 29.2 Å². The third-order valence-corrected chi connectivity index (χ3v) is 4.25. The zero-order valence-corrected chi connectivity index (χ0v) is 14.1. The average Bonchev–Trinajstić information content (AvgIpc) is 2.43. The Bertz CT molecular complexity index is 493. The standard InChI is InChI=1S/C15H22Cl2N2O2/c1-4-19(5-2)9-8-18-15(3,14(20)21)12-7-6-11(16)10-13(12)17/h6-7,10,18H,4-5,8-9H2,1-3H3,(H,20,21). The van der Waals surface area contributed by atoms with E-state index >= 15 is 0 Å². The van der Waals surface area contributed by atoms with Gasteiger partial charge in [0.2, 0.25) is 0 Å². The second kappa shape index (κ2) is 7.99. The van der Waals surface area contributed by atoms with Gasteiger partial charge in [-0.3, -0.25) is 5.32 Å². The normalized spacial score (nSPS) is 14.2. The number of nitrogens with zero attached hydrogens (tertiary/aromatic N) is 1. The smallest absolute Gasteiger partial charge is 0.328 e. The number of halogens is 2. The van der Waals surface area contributed by atoms with Gasteiger partial charge in [0.05, 0.1) is 0 Å². The molecule has 1 unspecified atom stereocenters. The van der Waals surface area contributed by atoms with Gasteiger partial charge in [0.15, 0.2) is 0 Å². The lowest BCUT2D eigenvalue weighted by molar-refractivity contribution is -0.144. The third kappa shape index (κ3) is 4.58. The molecule has 0 spiro atoms. The van der Waals surface area contributed by atoms with Crippen LogP contribution in [0.3, 0.4) is 0 Å². The minimum absolute atomic E-state index is 0.350. The first-order valence-electron chi connectivity index (χ1n) is 7.01. The average molecular weight is 333 g/mol. The molecule has 1 rings (SSSR count). The first-order chi connectivity index (χ1) is 9.85. The van der Waals surface area contributed by atoms with Crippen molar-refractivity contribution < 1.29 is 9.90 Å². The molecule has 0 amide bonds. The Kier molecular flexibility index (Phi) is 6.94. The summed E-state index contributed by atoms with van der Waals surface area (Å²) in [6.45, 7) is 8.98. The molecule has 0 heterocycles. The van der Waals surface area contributed by atoms with Gasteiger partial charge in [-0.1, -0.05) is 43.1 Å². The molecular weight excluding hydrogens is 311 g/mol. The first kappa shape index (κ1) is 18.2. The molecule has 0 aliphatic rings. The molecule has 0 saturated carbocycles. The van der Waals surface area contributed by atoms with Gasteiger partial charge in [0.1, 0.15) is 5.54 Å². The van der Waals surface area contributed by atoms with Gasteiger partial charge in [-0.05, 0) is 32.1 Å². The number of aliphatic carboxylic acids is 1. The topological polar surface area (TPSA) is 52.6 Å². The number of likely N-dealkylation sites (N-methyl/N-ethyl adjacent to an activating group) is 1. The van der Waals surface area contributed by atoms with Crippen molar-refractivity contribution in [3.05, 3.63) is 33.8 Å². The molecule has 1 aromatic carbocycles. The fourth-order valence-corrected chi connectivity index (χ4v) is 2.78. The van der Waals surface area contributed by atoms with E-state index in [2.05, 4.69) is 24.1 Å². The lowest BCUT2D eigenvalue weighted by Crippen LogP contribution is -2.49. The maximum atomic E-state index is 11.7. The number of hydrogen-bond donors (Lipinski definition) is 2. The second-order valence-electron chi connectivity index (χ2n) is 5.01. The molecule has 0 fully saturated rings. The highest BCUT2D eigenvalue weighted by Crippen LogP contribution is 2.30. The van der Waals surface area contributed by atoms with Crippen molar-refractivity contribution in [3.63, 3.8) is 0 Å². The van der Waals surface area contributed by atoms with Gasteiger partial charge in [-0.15, -0.1) is 0 Å². The van der Waals surface area contributed by atoms with Crippen LogP contribution in [0.25, 0.3) is 0 Å². The molecule has 0 saturated heterocycles. The molecule has 1 atom stereocenters. The number of hydrogen-bond acceptors (Lipinski definition) is 3. The van der Waals surface area contributed by atoms with Gasteiger partial charge in [-0.2, -0.15) is 0 Å². The molecule has 6 heteroatoms. The Morgan fingerprint density at radius 2 is 1.95 bits per heavy atom. The maximum absolute atomic E-state index is 11.7. The van der Waals surface area contributed by atoms with Crippen LogP contribution in [0, 0.1) is 0 Å². The van der Waals surface area contributed by atoms with Crippen LogP contribution in [-0.4, -0.2) is 42.2 Å². The number of carbonyl (C=O) groups is 1. The first-order valence-corrected chi connectivity index (χ1v) is 7.77. The number of carboxylic acids is 1. The highest BCUT2D eigenvalue weighted by atomic mass is 35.5. The van der Waals surface area contributed by atoms with Gasteiger partial charge in [-0.25, -0.2) is 4.79 Å². The van der Waals surface area contributed by atoms with E-state index in [0.717, 1.165) is 19.6 Å². The molecule has 2 N–H and O–H groups in total. The summed E-state index contributed by atoms with van der Waals surface area (Å²) in [7, 11) is 0. The van der Waals surface area contributed by atoms with Crippen LogP contribution in [0.2, 0.25) is 10.0 Å². The number of rotatable bonds is 8. The van der Waals surface area contributed by atoms with Crippen LogP contribution in [-0.2, 0) is 10.3 Å². The van der Waals surface area contributed by atoms with Crippen LogP contribution < -0.4 is 5.32 Å². The summed E-state index contributed by atoms with van der Waals surface area (Å²) in [5.41, 5.74) is -0.727. The molecule has 0 aliphatic heterocycles. The molecule has 21 heavy (non-hydrogen) atoms. The summed E-state index contributed by atoms with van der Waals surface area (Å²) in [5, 5.41) is 13.5. The lowest BCUT2D eigenvalue weighted by atomic mass is 9.92. The molecule has 0 aromatic heterocycles. The van der Waals surface area contributed by atoms with Crippen molar-refractivity contribution in [3.8, 4) is 0 Å². The van der Waals surface area contributed by atoms with E-state index in [9.17, 15) is 9.90 Å². The minimum atomic E-state index is -1.24. The van der Waals surface area contributed by atoms with Crippen LogP contribution in [0.5, 0.6) is 0 Å².